The molecule has 0 saturated carbocycles. The van der Waals surface area contributed by atoms with Crippen molar-refractivity contribution in [2.75, 3.05) is 7.11 Å². The molecule has 1 aromatic carbocycles. The van der Waals surface area contributed by atoms with Crippen molar-refractivity contribution in [3.8, 4) is 17.5 Å². The number of carbonyl (C=O) groups is 1. The van der Waals surface area contributed by atoms with E-state index in [4.69, 9.17) is 14.0 Å². The Kier molecular flexibility index (Phi) is 5.84. The number of esters is 1. The molecule has 2 heterocycles. The van der Waals surface area contributed by atoms with Gasteiger partial charge in [0.05, 0.1) is 12.8 Å². The lowest BCUT2D eigenvalue weighted by molar-refractivity contribution is -0.140. The lowest BCUT2D eigenvalue weighted by Crippen LogP contribution is -2.06. The molecule has 148 valence electrons. The number of methoxy groups -OCH3 is 1. The maximum Gasteiger partial charge on any atom is 0.349 e. The average molecular weight is 391 g/mol. The zero-order valence-corrected chi connectivity index (χ0v) is 16.7. The minimum Gasteiger partial charge on any atom is -0.497 e. The Hall–Kier alpha value is -3.79. The zero-order valence-electron chi connectivity index (χ0n) is 16.7. The van der Waals surface area contributed by atoms with Gasteiger partial charge in [-0.3, -0.25) is 0 Å². The molecule has 0 atom stereocenters. The van der Waals surface area contributed by atoms with Crippen molar-refractivity contribution < 1.29 is 18.8 Å². The molecule has 0 aliphatic carbocycles. The number of aromatic nitrogens is 2. The number of rotatable bonds is 6. The highest BCUT2D eigenvalue weighted by Crippen LogP contribution is 2.24. The van der Waals surface area contributed by atoms with Gasteiger partial charge in [0, 0.05) is 23.1 Å². The van der Waals surface area contributed by atoms with Crippen LogP contribution in [-0.2, 0) is 16.1 Å². The summed E-state index contributed by atoms with van der Waals surface area (Å²) >= 11 is 0. The topological polar surface area (TPSA) is 90.3 Å². The van der Waals surface area contributed by atoms with Crippen LogP contribution in [0.25, 0.3) is 11.8 Å². The van der Waals surface area contributed by atoms with Gasteiger partial charge < -0.3 is 18.6 Å². The van der Waals surface area contributed by atoms with E-state index in [1.54, 1.807) is 20.1 Å². The molecule has 0 spiro atoms. The maximum absolute atomic E-state index is 12.3. The summed E-state index contributed by atoms with van der Waals surface area (Å²) in [6, 6.07) is 13.2. The third-order valence-electron chi connectivity index (χ3n) is 4.46. The van der Waals surface area contributed by atoms with Crippen LogP contribution in [0.3, 0.4) is 0 Å². The van der Waals surface area contributed by atoms with Crippen molar-refractivity contribution in [3.05, 3.63) is 70.4 Å². The molecule has 0 amide bonds. The number of hydrogen-bond acceptors (Lipinski definition) is 6. The van der Waals surface area contributed by atoms with Gasteiger partial charge in [-0.15, -0.1) is 0 Å². The second-order valence-corrected chi connectivity index (χ2v) is 6.54. The molecular formula is C22H21N3O4. The van der Waals surface area contributed by atoms with E-state index in [1.807, 2.05) is 54.8 Å². The van der Waals surface area contributed by atoms with Crippen molar-refractivity contribution in [1.82, 2.24) is 9.72 Å². The summed E-state index contributed by atoms with van der Waals surface area (Å²) in [4.78, 5) is 12.3. The number of benzene rings is 1. The number of nitriles is 1. The first kappa shape index (κ1) is 20.0. The molecule has 0 radical (unpaired) electrons. The molecule has 0 fully saturated rings. The van der Waals surface area contributed by atoms with Gasteiger partial charge in [0.2, 0.25) is 0 Å². The van der Waals surface area contributed by atoms with E-state index in [9.17, 15) is 10.1 Å². The fraction of sp³-hybridized carbons (Fsp3) is 0.227. The first-order chi connectivity index (χ1) is 13.9. The Labute approximate surface area is 168 Å². The molecular weight excluding hydrogens is 370 g/mol. The van der Waals surface area contributed by atoms with Crippen molar-refractivity contribution in [1.29, 1.82) is 5.26 Å². The molecule has 7 nitrogen and oxygen atoms in total. The van der Waals surface area contributed by atoms with Crippen LogP contribution in [0, 0.1) is 32.1 Å². The van der Waals surface area contributed by atoms with E-state index in [0.717, 1.165) is 28.4 Å². The third kappa shape index (κ3) is 4.38. The van der Waals surface area contributed by atoms with Gasteiger partial charge in [-0.25, -0.2) is 4.79 Å². The fourth-order valence-corrected chi connectivity index (χ4v) is 3.05. The Morgan fingerprint density at radius 3 is 2.55 bits per heavy atom. The molecule has 0 aliphatic rings. The summed E-state index contributed by atoms with van der Waals surface area (Å²) in [5.74, 6) is 0.481. The highest BCUT2D eigenvalue weighted by Gasteiger charge is 2.16. The first-order valence-corrected chi connectivity index (χ1v) is 8.97. The van der Waals surface area contributed by atoms with E-state index < -0.39 is 5.97 Å². The van der Waals surface area contributed by atoms with E-state index in [0.29, 0.717) is 11.5 Å². The summed E-state index contributed by atoms with van der Waals surface area (Å²) in [5.41, 5.74) is 4.21. The standard InChI is InChI=1S/C22H21N3O4/c1-14-9-21(29-24-14)13-28-22(26)18(12-23)11-17-10-15(2)25(16(17)3)19-5-7-20(27-4)8-6-19/h5-11H,13H2,1-4H3/b18-11+. The Bertz CT molecular complexity index is 1100. The quantitative estimate of drug-likeness (QED) is 0.358. The highest BCUT2D eigenvalue weighted by molar-refractivity contribution is 5.98. The summed E-state index contributed by atoms with van der Waals surface area (Å²) in [7, 11) is 1.62. The molecule has 3 aromatic rings. The Morgan fingerprint density at radius 1 is 1.24 bits per heavy atom. The molecule has 0 bridgehead atoms. The van der Waals surface area contributed by atoms with E-state index in [1.165, 1.54) is 6.08 Å². The molecule has 7 heteroatoms. The number of hydrogen-bond donors (Lipinski definition) is 0. The van der Waals surface area contributed by atoms with E-state index >= 15 is 0 Å². The molecule has 0 unspecified atom stereocenters. The van der Waals surface area contributed by atoms with E-state index in [2.05, 4.69) is 5.16 Å². The van der Waals surface area contributed by atoms with Crippen LogP contribution in [0.2, 0.25) is 0 Å². The van der Waals surface area contributed by atoms with Crippen LogP contribution < -0.4 is 4.74 Å². The molecule has 0 aliphatic heterocycles. The molecule has 29 heavy (non-hydrogen) atoms. The van der Waals surface area contributed by atoms with Gasteiger partial charge in [-0.2, -0.15) is 5.26 Å². The Balaban J connectivity index is 1.83. The van der Waals surface area contributed by atoms with Crippen LogP contribution in [-0.4, -0.2) is 22.8 Å². The number of carbonyl (C=O) groups excluding carboxylic acids is 1. The summed E-state index contributed by atoms with van der Waals surface area (Å²) in [6.45, 7) is 5.59. The molecule has 3 rings (SSSR count). The lowest BCUT2D eigenvalue weighted by atomic mass is 10.1. The number of nitrogens with zero attached hydrogens (tertiary/aromatic N) is 3. The lowest BCUT2D eigenvalue weighted by Gasteiger charge is -2.10. The second kappa shape index (κ2) is 8.48. The number of aryl methyl sites for hydroxylation is 2. The minimum absolute atomic E-state index is 0.0798. The second-order valence-electron chi connectivity index (χ2n) is 6.54. The predicted molar refractivity (Wildman–Crippen MR) is 106 cm³/mol. The molecule has 0 saturated heterocycles. The minimum atomic E-state index is -0.712. The van der Waals surface area contributed by atoms with Crippen LogP contribution in [0.1, 0.15) is 28.4 Å². The molecule has 2 aromatic heterocycles. The Morgan fingerprint density at radius 2 is 1.97 bits per heavy atom. The van der Waals surface area contributed by atoms with Gasteiger partial charge in [-0.05, 0) is 62.7 Å². The summed E-state index contributed by atoms with van der Waals surface area (Å²) < 4.78 is 17.4. The van der Waals surface area contributed by atoms with Gasteiger partial charge in [0.15, 0.2) is 12.4 Å². The van der Waals surface area contributed by atoms with Crippen molar-refractivity contribution in [2.45, 2.75) is 27.4 Å². The van der Waals surface area contributed by atoms with Gasteiger partial charge in [-0.1, -0.05) is 5.16 Å². The molecule has 0 N–H and O–H groups in total. The number of ether oxygens (including phenoxy) is 2. The third-order valence-corrected chi connectivity index (χ3v) is 4.46. The monoisotopic (exact) mass is 391 g/mol. The maximum atomic E-state index is 12.3. The van der Waals surface area contributed by atoms with Crippen molar-refractivity contribution in [3.63, 3.8) is 0 Å². The average Bonchev–Trinajstić information content (AvgIpc) is 3.26. The predicted octanol–water partition coefficient (Wildman–Crippen LogP) is 4.05. The zero-order chi connectivity index (χ0) is 21.0. The SMILES string of the molecule is COc1ccc(-n2c(C)cc(/C=C(\C#N)C(=O)OCc3cc(C)no3)c2C)cc1. The summed E-state index contributed by atoms with van der Waals surface area (Å²) in [6.07, 6.45) is 1.54. The normalized spacial score (nSPS) is 11.2. The summed E-state index contributed by atoms with van der Waals surface area (Å²) in [5, 5.41) is 13.2. The van der Waals surface area contributed by atoms with Gasteiger partial charge in [0.1, 0.15) is 17.4 Å². The highest BCUT2D eigenvalue weighted by atomic mass is 16.5. The van der Waals surface area contributed by atoms with Gasteiger partial charge >= 0.3 is 5.97 Å². The van der Waals surface area contributed by atoms with E-state index in [-0.39, 0.29) is 12.2 Å². The van der Waals surface area contributed by atoms with Crippen LogP contribution in [0.15, 0.2) is 46.5 Å². The largest absolute Gasteiger partial charge is 0.497 e. The van der Waals surface area contributed by atoms with Crippen LogP contribution in [0.5, 0.6) is 5.75 Å². The van der Waals surface area contributed by atoms with Crippen molar-refractivity contribution >= 4 is 12.0 Å². The van der Waals surface area contributed by atoms with Crippen LogP contribution >= 0.6 is 0 Å². The van der Waals surface area contributed by atoms with Crippen molar-refractivity contribution in [2.24, 2.45) is 0 Å². The smallest absolute Gasteiger partial charge is 0.349 e. The van der Waals surface area contributed by atoms with Gasteiger partial charge in [0.25, 0.3) is 0 Å². The van der Waals surface area contributed by atoms with Crippen LogP contribution in [0.4, 0.5) is 0 Å². The fourth-order valence-electron chi connectivity index (χ4n) is 3.05. The first-order valence-electron chi connectivity index (χ1n) is 8.97.